The summed E-state index contributed by atoms with van der Waals surface area (Å²) in [6.45, 7) is 2.12. The predicted molar refractivity (Wildman–Crippen MR) is 122 cm³/mol. The molecule has 0 saturated heterocycles. The third kappa shape index (κ3) is 4.66. The van der Waals surface area contributed by atoms with Gasteiger partial charge in [0.1, 0.15) is 23.2 Å². The van der Waals surface area contributed by atoms with E-state index >= 15 is 0 Å². The van der Waals surface area contributed by atoms with Crippen LogP contribution in [0.4, 0.5) is 0 Å². The van der Waals surface area contributed by atoms with Gasteiger partial charge in [-0.3, -0.25) is 0 Å². The number of carboxylic acid groups (broad SMARTS) is 1. The Morgan fingerprint density at radius 2 is 1.24 bits per heavy atom. The van der Waals surface area contributed by atoms with Gasteiger partial charge >= 0.3 is 0 Å². The second-order valence-corrected chi connectivity index (χ2v) is 10.4. The molecule has 3 aromatic rings. The molecule has 0 aromatic heterocycles. The molecule has 0 N–H and O–H groups in total. The molecule has 29 heavy (non-hydrogen) atoms. The Morgan fingerprint density at radius 1 is 0.828 bits per heavy atom. The van der Waals surface area contributed by atoms with Crippen molar-refractivity contribution in [2.24, 2.45) is 0 Å². The van der Waals surface area contributed by atoms with E-state index in [-0.39, 0.29) is 6.05 Å². The van der Waals surface area contributed by atoms with E-state index in [0.717, 1.165) is 35.2 Å². The second-order valence-electron chi connectivity index (χ2n) is 6.99. The lowest BCUT2D eigenvalue weighted by molar-refractivity contribution is -0.297. The third-order valence-corrected chi connectivity index (χ3v) is 9.46. The molecule has 3 rings (SSSR count). The van der Waals surface area contributed by atoms with Crippen LogP contribution in [0.3, 0.4) is 0 Å². The summed E-state index contributed by atoms with van der Waals surface area (Å²) in [6, 6.07) is 29.8. The van der Waals surface area contributed by atoms with Gasteiger partial charge < -0.3 is 9.90 Å². The number of carbonyl (C=O) groups excluding carboxylic acids is 1. The van der Waals surface area contributed by atoms with E-state index in [9.17, 15) is 9.90 Å². The summed E-state index contributed by atoms with van der Waals surface area (Å²) in [5, 5.41) is 15.8. The molecule has 148 valence electrons. The average molecular weight is 403 g/mol. The minimum absolute atomic E-state index is 0.379. The Balaban J connectivity index is 2.43. The summed E-state index contributed by atoms with van der Waals surface area (Å²) in [6.07, 6.45) is 3.42. The maximum atomic E-state index is 12.0. The van der Waals surface area contributed by atoms with Crippen molar-refractivity contribution in [2.75, 3.05) is 0 Å². The first kappa shape index (κ1) is 19.6. The molecule has 0 spiro atoms. The van der Waals surface area contributed by atoms with Crippen molar-refractivity contribution in [2.45, 2.75) is 32.6 Å². The van der Waals surface area contributed by atoms with Crippen molar-refractivity contribution in [1.82, 2.24) is 0 Å². The number of hydrogen-bond acceptors (Lipinski definition) is 2. The van der Waals surface area contributed by atoms with Crippen LogP contribution in [0, 0.1) is 0 Å². The number of hydrogen-bond donors (Lipinski definition) is 0. The third-order valence-electron chi connectivity index (χ3n) is 5.10. The summed E-state index contributed by atoms with van der Waals surface area (Å²) >= 11 is 0. The van der Waals surface area contributed by atoms with Gasteiger partial charge in [-0.2, -0.15) is 0 Å². The van der Waals surface area contributed by atoms with Gasteiger partial charge in [0.2, 0.25) is 0 Å². The Kier molecular flexibility index (Phi) is 6.89. The van der Waals surface area contributed by atoms with E-state index in [1.54, 1.807) is 0 Å². The zero-order valence-corrected chi connectivity index (χ0v) is 17.6. The number of unbranched alkanes of at least 4 members (excludes halogenated alkanes) is 2. The molecule has 0 bridgehead atoms. The van der Waals surface area contributed by atoms with Crippen molar-refractivity contribution in [3.8, 4) is 0 Å². The first-order chi connectivity index (χ1) is 14.6. The molecule has 0 atom stereocenters. The first-order valence-corrected chi connectivity index (χ1v) is 11.9. The molecule has 0 radical (unpaired) electrons. The van der Waals surface area contributed by atoms with Crippen LogP contribution >= 0.6 is 7.26 Å². The van der Waals surface area contributed by atoms with Crippen LogP contribution in [0.5, 0.6) is 0 Å². The van der Waals surface area contributed by atoms with Crippen molar-refractivity contribution in [3.63, 3.8) is 0 Å². The SMILES string of the molecule is [2H]/C(C(=O)[O-])=C(/CCCCC)[P+](c1ccccc1)(c1ccccc1)c1ccccc1. The van der Waals surface area contributed by atoms with E-state index in [1.807, 2.05) is 54.6 Å². The Morgan fingerprint density at radius 3 is 1.59 bits per heavy atom. The highest BCUT2D eigenvalue weighted by Gasteiger charge is 2.48. The Hall–Kier alpha value is -2.70. The lowest BCUT2D eigenvalue weighted by Crippen LogP contribution is -2.33. The van der Waals surface area contributed by atoms with E-state index in [1.165, 1.54) is 0 Å². The zero-order valence-electron chi connectivity index (χ0n) is 17.8. The fourth-order valence-corrected chi connectivity index (χ4v) is 8.28. The van der Waals surface area contributed by atoms with Crippen LogP contribution in [-0.4, -0.2) is 5.97 Å². The van der Waals surface area contributed by atoms with Gasteiger partial charge in [0, 0.05) is 6.42 Å². The van der Waals surface area contributed by atoms with Gasteiger partial charge in [-0.1, -0.05) is 74.4 Å². The number of allylic oxidation sites excluding steroid dienone is 1. The first-order valence-electron chi connectivity index (χ1n) is 10.6. The van der Waals surface area contributed by atoms with E-state index < -0.39 is 13.2 Å². The molecule has 0 fully saturated rings. The Bertz CT molecular complexity index is 889. The largest absolute Gasteiger partial charge is 0.545 e. The molecule has 0 amide bonds. The van der Waals surface area contributed by atoms with Gasteiger partial charge in [0.15, 0.2) is 0 Å². The van der Waals surface area contributed by atoms with E-state index in [0.29, 0.717) is 11.7 Å². The van der Waals surface area contributed by atoms with Crippen molar-refractivity contribution < 1.29 is 11.3 Å². The van der Waals surface area contributed by atoms with Crippen molar-refractivity contribution in [3.05, 3.63) is 102 Å². The second kappa shape index (κ2) is 10.2. The smallest absolute Gasteiger partial charge is 0.140 e. The summed E-state index contributed by atoms with van der Waals surface area (Å²) in [4.78, 5) is 12.0. The minimum Gasteiger partial charge on any atom is -0.545 e. The molecule has 3 heteroatoms. The van der Waals surface area contributed by atoms with Crippen LogP contribution in [0.15, 0.2) is 102 Å². The van der Waals surface area contributed by atoms with E-state index in [4.69, 9.17) is 1.37 Å². The molecule has 2 nitrogen and oxygen atoms in total. The van der Waals surface area contributed by atoms with Crippen LogP contribution < -0.4 is 21.0 Å². The fourth-order valence-electron chi connectivity index (χ4n) is 3.84. The van der Waals surface area contributed by atoms with Gasteiger partial charge in [-0.05, 0) is 48.9 Å². The van der Waals surface area contributed by atoms with Gasteiger partial charge in [0.25, 0.3) is 0 Å². The van der Waals surface area contributed by atoms with Crippen molar-refractivity contribution >= 4 is 29.1 Å². The highest BCUT2D eigenvalue weighted by Crippen LogP contribution is 2.63. The molecule has 3 aromatic carbocycles. The van der Waals surface area contributed by atoms with E-state index in [2.05, 4.69) is 43.3 Å². The van der Waals surface area contributed by atoms with Gasteiger partial charge in [0.05, 0.1) is 12.7 Å². The monoisotopic (exact) mass is 403 g/mol. The molecular weight excluding hydrogens is 375 g/mol. The molecule has 0 aliphatic carbocycles. The van der Waals surface area contributed by atoms with Crippen molar-refractivity contribution in [1.29, 1.82) is 0 Å². The topological polar surface area (TPSA) is 40.1 Å². The summed E-state index contributed by atoms with van der Waals surface area (Å²) in [5.74, 6) is -1.41. The standard InChI is InChI=1S/C26H27O2P/c1-2-3-7-20-25(21-26(27)28)29(22-14-8-4-9-15-22,23-16-10-5-11-17-23)24-18-12-6-13-19-24/h4-6,8-19,21H,2-3,7,20H2,1H3/b25-21+/i21D. The predicted octanol–water partition coefficient (Wildman–Crippen LogP) is 4.19. The highest BCUT2D eigenvalue weighted by atomic mass is 31.2. The zero-order chi connectivity index (χ0) is 21.4. The lowest BCUT2D eigenvalue weighted by Gasteiger charge is -2.30. The average Bonchev–Trinajstić information content (AvgIpc) is 2.80. The van der Waals surface area contributed by atoms with Gasteiger partial charge in [-0.15, -0.1) is 0 Å². The number of rotatable bonds is 9. The van der Waals surface area contributed by atoms with Crippen LogP contribution in [0.2, 0.25) is 0 Å². The maximum absolute atomic E-state index is 12.0. The van der Waals surface area contributed by atoms with Gasteiger partial charge in [-0.25, -0.2) is 0 Å². The number of benzene rings is 3. The quantitative estimate of drug-likeness (QED) is 0.305. The number of carboxylic acids is 1. The highest BCUT2D eigenvalue weighted by molar-refractivity contribution is 7.99. The molecule has 0 saturated carbocycles. The summed E-state index contributed by atoms with van der Waals surface area (Å²) in [7, 11) is -2.54. The summed E-state index contributed by atoms with van der Waals surface area (Å²) < 4.78 is 8.57. The Labute approximate surface area is 175 Å². The normalized spacial score (nSPS) is 12.8. The molecule has 0 heterocycles. The minimum atomic E-state index is -2.54. The summed E-state index contributed by atoms with van der Waals surface area (Å²) in [5.41, 5.74) is 0. The lowest BCUT2D eigenvalue weighted by atomic mass is 10.2. The molecular formula is C26H27O2P. The molecule has 0 aliphatic rings. The fraction of sp³-hybridized carbons (Fsp3) is 0.192. The number of carbonyl (C=O) groups is 1. The van der Waals surface area contributed by atoms with Crippen LogP contribution in [-0.2, 0) is 4.79 Å². The van der Waals surface area contributed by atoms with Crippen LogP contribution in [0.1, 0.15) is 34.0 Å². The molecule has 0 unspecified atom stereocenters. The maximum Gasteiger partial charge on any atom is 0.140 e. The number of aliphatic carboxylic acids is 1. The van der Waals surface area contributed by atoms with Crippen LogP contribution in [0.25, 0.3) is 0 Å². The molecule has 0 aliphatic heterocycles.